The molecule has 0 saturated heterocycles. The predicted molar refractivity (Wildman–Crippen MR) is 85.9 cm³/mol. The third kappa shape index (κ3) is 3.67. The normalized spacial score (nSPS) is 10.5. The maximum Gasteiger partial charge on any atom is 0.186 e. The first-order valence-corrected chi connectivity index (χ1v) is 6.76. The number of hydrogen-bond donors (Lipinski definition) is 0. The molecule has 0 atom stereocenters. The summed E-state index contributed by atoms with van der Waals surface area (Å²) in [6, 6.07) is 12.6. The van der Waals surface area contributed by atoms with Crippen LogP contribution in [0.1, 0.15) is 15.9 Å². The van der Waals surface area contributed by atoms with E-state index in [1.54, 1.807) is 45.6 Å². The summed E-state index contributed by atoms with van der Waals surface area (Å²) in [5.41, 5.74) is 1.34. The number of carbonyl (C=O) groups excluding carboxylic acids is 1. The average molecular weight is 298 g/mol. The Labute approximate surface area is 129 Å². The summed E-state index contributed by atoms with van der Waals surface area (Å²) in [6.45, 7) is 0. The minimum atomic E-state index is -0.136. The highest BCUT2D eigenvalue weighted by Gasteiger charge is 2.07. The van der Waals surface area contributed by atoms with Gasteiger partial charge in [0, 0.05) is 17.2 Å². The number of carbonyl (C=O) groups is 1. The molecule has 0 fully saturated rings. The fourth-order valence-electron chi connectivity index (χ4n) is 2.02. The standard InChI is InChI=1S/C18H18O4/c1-20-15-10-14(11-16(12-15)21-2)17(19)9-8-13-6-4-5-7-18(13)22-3/h4-12H,1-3H3. The molecule has 22 heavy (non-hydrogen) atoms. The van der Waals surface area contributed by atoms with Crippen molar-refractivity contribution in [3.05, 3.63) is 59.7 Å². The van der Waals surface area contributed by atoms with Crippen molar-refractivity contribution in [2.24, 2.45) is 0 Å². The average Bonchev–Trinajstić information content (AvgIpc) is 2.59. The number of rotatable bonds is 6. The van der Waals surface area contributed by atoms with Crippen LogP contribution in [-0.4, -0.2) is 27.1 Å². The quantitative estimate of drug-likeness (QED) is 0.603. The van der Waals surface area contributed by atoms with Gasteiger partial charge in [-0.3, -0.25) is 4.79 Å². The molecule has 0 aliphatic heterocycles. The summed E-state index contributed by atoms with van der Waals surface area (Å²) in [6.07, 6.45) is 3.24. The maximum atomic E-state index is 12.3. The number of hydrogen-bond acceptors (Lipinski definition) is 4. The Hall–Kier alpha value is -2.75. The molecule has 0 aliphatic carbocycles. The van der Waals surface area contributed by atoms with E-state index < -0.39 is 0 Å². The summed E-state index contributed by atoms with van der Waals surface area (Å²) in [5, 5.41) is 0. The van der Waals surface area contributed by atoms with Gasteiger partial charge in [-0.2, -0.15) is 0 Å². The second-order valence-corrected chi connectivity index (χ2v) is 4.54. The van der Waals surface area contributed by atoms with Gasteiger partial charge >= 0.3 is 0 Å². The van der Waals surface area contributed by atoms with Crippen molar-refractivity contribution in [2.45, 2.75) is 0 Å². The van der Waals surface area contributed by atoms with Gasteiger partial charge in [-0.15, -0.1) is 0 Å². The Morgan fingerprint density at radius 2 is 1.55 bits per heavy atom. The lowest BCUT2D eigenvalue weighted by Gasteiger charge is -2.06. The van der Waals surface area contributed by atoms with Crippen LogP contribution in [-0.2, 0) is 0 Å². The number of benzene rings is 2. The number of allylic oxidation sites excluding steroid dienone is 1. The van der Waals surface area contributed by atoms with Crippen LogP contribution in [0.2, 0.25) is 0 Å². The summed E-state index contributed by atoms with van der Waals surface area (Å²) >= 11 is 0. The fraction of sp³-hybridized carbons (Fsp3) is 0.167. The van der Waals surface area contributed by atoms with Crippen LogP contribution < -0.4 is 14.2 Å². The lowest BCUT2D eigenvalue weighted by atomic mass is 10.1. The molecule has 2 aromatic rings. The van der Waals surface area contributed by atoms with Crippen LogP contribution in [0.15, 0.2) is 48.5 Å². The van der Waals surface area contributed by atoms with Gasteiger partial charge in [-0.05, 0) is 30.4 Å². The Balaban J connectivity index is 2.27. The number of ketones is 1. The van der Waals surface area contributed by atoms with Crippen molar-refractivity contribution in [2.75, 3.05) is 21.3 Å². The molecule has 0 heterocycles. The third-order valence-electron chi connectivity index (χ3n) is 3.19. The highest BCUT2D eigenvalue weighted by atomic mass is 16.5. The van der Waals surface area contributed by atoms with Crippen LogP contribution in [0.3, 0.4) is 0 Å². The Morgan fingerprint density at radius 1 is 0.909 bits per heavy atom. The van der Waals surface area contributed by atoms with Crippen molar-refractivity contribution in [3.63, 3.8) is 0 Å². The molecule has 0 saturated carbocycles. The van der Waals surface area contributed by atoms with E-state index in [-0.39, 0.29) is 5.78 Å². The predicted octanol–water partition coefficient (Wildman–Crippen LogP) is 3.61. The van der Waals surface area contributed by atoms with E-state index in [9.17, 15) is 4.79 Å². The van der Waals surface area contributed by atoms with E-state index in [4.69, 9.17) is 14.2 Å². The largest absolute Gasteiger partial charge is 0.497 e. The van der Waals surface area contributed by atoms with Crippen molar-refractivity contribution < 1.29 is 19.0 Å². The summed E-state index contributed by atoms with van der Waals surface area (Å²) in [7, 11) is 4.70. The van der Waals surface area contributed by atoms with E-state index in [2.05, 4.69) is 0 Å². The molecule has 0 unspecified atom stereocenters. The molecule has 2 rings (SSSR count). The molecular weight excluding hydrogens is 280 g/mol. The first-order valence-electron chi connectivity index (χ1n) is 6.76. The minimum absolute atomic E-state index is 0.136. The van der Waals surface area contributed by atoms with Gasteiger partial charge in [-0.25, -0.2) is 0 Å². The molecule has 0 aliphatic rings. The van der Waals surface area contributed by atoms with E-state index in [1.807, 2.05) is 24.3 Å². The van der Waals surface area contributed by atoms with Crippen molar-refractivity contribution in [1.29, 1.82) is 0 Å². The van der Waals surface area contributed by atoms with E-state index in [1.165, 1.54) is 6.08 Å². The maximum absolute atomic E-state index is 12.3. The van der Waals surface area contributed by atoms with Crippen LogP contribution in [0, 0.1) is 0 Å². The van der Waals surface area contributed by atoms with Crippen LogP contribution in [0.25, 0.3) is 6.08 Å². The van der Waals surface area contributed by atoms with E-state index >= 15 is 0 Å². The van der Waals surface area contributed by atoms with Gasteiger partial charge in [0.25, 0.3) is 0 Å². The van der Waals surface area contributed by atoms with Gasteiger partial charge in [-0.1, -0.05) is 18.2 Å². The number of ether oxygens (including phenoxy) is 3. The Kier molecular flexibility index (Phi) is 5.20. The first-order chi connectivity index (χ1) is 10.7. The molecule has 0 N–H and O–H groups in total. The zero-order valence-corrected chi connectivity index (χ0v) is 12.8. The second kappa shape index (κ2) is 7.31. The van der Waals surface area contributed by atoms with Gasteiger partial charge < -0.3 is 14.2 Å². The van der Waals surface area contributed by atoms with E-state index in [0.717, 1.165) is 11.3 Å². The third-order valence-corrected chi connectivity index (χ3v) is 3.19. The molecule has 0 aromatic heterocycles. The lowest BCUT2D eigenvalue weighted by Crippen LogP contribution is -1.97. The van der Waals surface area contributed by atoms with E-state index in [0.29, 0.717) is 17.1 Å². The number of para-hydroxylation sites is 1. The van der Waals surface area contributed by atoms with Crippen molar-refractivity contribution >= 4 is 11.9 Å². The van der Waals surface area contributed by atoms with Gasteiger partial charge in [0.05, 0.1) is 21.3 Å². The topological polar surface area (TPSA) is 44.8 Å². The summed E-state index contributed by atoms with van der Waals surface area (Å²) in [4.78, 5) is 12.3. The zero-order valence-electron chi connectivity index (χ0n) is 12.8. The minimum Gasteiger partial charge on any atom is -0.497 e. The molecular formula is C18H18O4. The van der Waals surface area contributed by atoms with Crippen LogP contribution >= 0.6 is 0 Å². The van der Waals surface area contributed by atoms with Gasteiger partial charge in [0.2, 0.25) is 0 Å². The Bertz CT molecular complexity index is 667. The SMILES string of the molecule is COc1cc(OC)cc(C(=O)C=Cc2ccccc2OC)c1. The smallest absolute Gasteiger partial charge is 0.186 e. The van der Waals surface area contributed by atoms with Crippen LogP contribution in [0.4, 0.5) is 0 Å². The first kappa shape index (κ1) is 15.6. The fourth-order valence-corrected chi connectivity index (χ4v) is 2.02. The monoisotopic (exact) mass is 298 g/mol. The van der Waals surface area contributed by atoms with Gasteiger partial charge in [0.15, 0.2) is 5.78 Å². The lowest BCUT2D eigenvalue weighted by molar-refractivity contribution is 0.104. The molecule has 0 bridgehead atoms. The van der Waals surface area contributed by atoms with Crippen molar-refractivity contribution in [3.8, 4) is 17.2 Å². The Morgan fingerprint density at radius 3 is 2.14 bits per heavy atom. The zero-order chi connectivity index (χ0) is 15.9. The summed E-state index contributed by atoms with van der Waals surface area (Å²) in [5.74, 6) is 1.74. The molecule has 4 nitrogen and oxygen atoms in total. The second-order valence-electron chi connectivity index (χ2n) is 4.54. The highest BCUT2D eigenvalue weighted by Crippen LogP contribution is 2.24. The number of methoxy groups -OCH3 is 3. The van der Waals surface area contributed by atoms with Crippen molar-refractivity contribution in [1.82, 2.24) is 0 Å². The summed E-state index contributed by atoms with van der Waals surface area (Å²) < 4.78 is 15.6. The highest BCUT2D eigenvalue weighted by molar-refractivity contribution is 6.07. The molecule has 2 aromatic carbocycles. The molecule has 4 heteroatoms. The van der Waals surface area contributed by atoms with Gasteiger partial charge in [0.1, 0.15) is 17.2 Å². The molecule has 0 radical (unpaired) electrons. The molecule has 0 spiro atoms. The van der Waals surface area contributed by atoms with Crippen LogP contribution in [0.5, 0.6) is 17.2 Å². The molecule has 0 amide bonds. The molecule has 114 valence electrons.